The van der Waals surface area contributed by atoms with Gasteiger partial charge in [0.05, 0.1) is 13.2 Å². The quantitative estimate of drug-likeness (QED) is 0.389. The van der Waals surface area contributed by atoms with E-state index in [1.807, 2.05) is 6.92 Å². The highest BCUT2D eigenvalue weighted by molar-refractivity contribution is 5.22. The highest BCUT2D eigenvalue weighted by Gasteiger charge is 2.01. The van der Waals surface area contributed by atoms with Crippen LogP contribution in [0.25, 0.3) is 0 Å². The molecule has 0 aromatic heterocycles. The average Bonchev–Trinajstić information content (AvgIpc) is 2.45. The summed E-state index contributed by atoms with van der Waals surface area (Å²) in [7, 11) is 0. The van der Waals surface area contributed by atoms with Crippen molar-refractivity contribution in [2.45, 2.75) is 45.6 Å². The minimum absolute atomic E-state index is 0.129. The first-order chi connectivity index (χ1) is 9.26. The van der Waals surface area contributed by atoms with Gasteiger partial charge in [0.15, 0.2) is 0 Å². The number of hydrogen-bond donors (Lipinski definition) is 2. The Balaban J connectivity index is 2.23. The normalized spacial score (nSPS) is 12.6. The Morgan fingerprint density at radius 3 is 2.21 bits per heavy atom. The molecule has 1 atom stereocenters. The van der Waals surface area contributed by atoms with Gasteiger partial charge in [-0.1, -0.05) is 31.2 Å². The first kappa shape index (κ1) is 16.1. The van der Waals surface area contributed by atoms with E-state index in [4.69, 9.17) is 15.0 Å². The molecule has 1 aromatic carbocycles. The third-order valence-corrected chi connectivity index (χ3v) is 2.95. The Kier molecular flexibility index (Phi) is 8.41. The molecule has 0 saturated heterocycles. The van der Waals surface area contributed by atoms with E-state index in [-0.39, 0.29) is 6.04 Å². The number of aryl methyl sites for hydroxylation is 1. The zero-order valence-corrected chi connectivity index (χ0v) is 11.9. The van der Waals surface area contributed by atoms with Crippen LogP contribution in [-0.2, 0) is 22.6 Å². The summed E-state index contributed by atoms with van der Waals surface area (Å²) in [5, 5.41) is 8.74. The molecule has 0 spiro atoms. The Hall–Kier alpha value is -0.940. The minimum atomic E-state index is 0.129. The summed E-state index contributed by atoms with van der Waals surface area (Å²) in [6, 6.07) is 8.63. The lowest BCUT2D eigenvalue weighted by atomic mass is 10.0. The monoisotopic (exact) mass is 267 g/mol. The van der Waals surface area contributed by atoms with Crippen LogP contribution in [0.3, 0.4) is 0 Å². The van der Waals surface area contributed by atoms with E-state index in [1.165, 1.54) is 11.1 Å². The van der Waals surface area contributed by atoms with Gasteiger partial charge in [-0.15, -0.1) is 0 Å². The van der Waals surface area contributed by atoms with Crippen molar-refractivity contribution in [1.29, 1.82) is 0 Å². The van der Waals surface area contributed by atoms with E-state index in [9.17, 15) is 0 Å². The Morgan fingerprint density at radius 1 is 1.05 bits per heavy atom. The lowest BCUT2D eigenvalue weighted by Crippen LogP contribution is -2.22. The van der Waals surface area contributed by atoms with Crippen LogP contribution in [0.1, 0.15) is 37.8 Å². The SMILES string of the molecule is CCCOOCCc1ccc(CC[C@@H](C)NO)cc1. The number of benzene rings is 1. The summed E-state index contributed by atoms with van der Waals surface area (Å²) in [6.45, 7) is 5.25. The maximum absolute atomic E-state index is 8.74. The van der Waals surface area contributed by atoms with Crippen molar-refractivity contribution < 1.29 is 15.0 Å². The van der Waals surface area contributed by atoms with E-state index in [0.29, 0.717) is 13.2 Å². The molecule has 0 amide bonds. The summed E-state index contributed by atoms with van der Waals surface area (Å²) in [6.07, 6.45) is 3.71. The smallest absolute Gasteiger partial charge is 0.0862 e. The molecular weight excluding hydrogens is 242 g/mol. The highest BCUT2D eigenvalue weighted by atomic mass is 17.2. The topological polar surface area (TPSA) is 50.7 Å². The fourth-order valence-corrected chi connectivity index (χ4v) is 1.68. The van der Waals surface area contributed by atoms with Crippen LogP contribution < -0.4 is 5.48 Å². The first-order valence-electron chi connectivity index (χ1n) is 6.98. The number of nitrogens with one attached hydrogen (secondary N) is 1. The molecule has 0 heterocycles. The van der Waals surface area contributed by atoms with Gasteiger partial charge in [0.2, 0.25) is 0 Å². The van der Waals surface area contributed by atoms with Gasteiger partial charge in [-0.2, -0.15) is 0 Å². The van der Waals surface area contributed by atoms with E-state index in [2.05, 4.69) is 36.7 Å². The first-order valence-corrected chi connectivity index (χ1v) is 6.98. The molecule has 1 aromatic rings. The second-order valence-electron chi connectivity index (χ2n) is 4.78. The van der Waals surface area contributed by atoms with Gasteiger partial charge < -0.3 is 5.21 Å². The predicted molar refractivity (Wildman–Crippen MR) is 75.0 cm³/mol. The molecule has 0 fully saturated rings. The summed E-state index contributed by atoms with van der Waals surface area (Å²) in [5.74, 6) is 0. The van der Waals surface area contributed by atoms with Crippen molar-refractivity contribution in [3.05, 3.63) is 35.4 Å². The van der Waals surface area contributed by atoms with Gasteiger partial charge in [0.1, 0.15) is 0 Å². The predicted octanol–water partition coefficient (Wildman–Crippen LogP) is 2.89. The minimum Gasteiger partial charge on any atom is -0.317 e. The molecule has 0 aliphatic heterocycles. The molecular formula is C15H25NO3. The molecule has 0 bridgehead atoms. The maximum Gasteiger partial charge on any atom is 0.0862 e. The molecule has 0 aliphatic rings. The lowest BCUT2D eigenvalue weighted by Gasteiger charge is -2.09. The van der Waals surface area contributed by atoms with Crippen LogP contribution in [0.15, 0.2) is 24.3 Å². The standard InChI is InChI=1S/C15H25NO3/c1-3-11-18-19-12-10-15-8-6-14(7-9-15)5-4-13(2)16-17/h6-9,13,16-17H,3-5,10-12H2,1-2H3/t13-/m1/s1. The van der Waals surface area contributed by atoms with Crippen molar-refractivity contribution >= 4 is 0 Å². The molecule has 0 aliphatic carbocycles. The molecule has 4 nitrogen and oxygen atoms in total. The van der Waals surface area contributed by atoms with Crippen LogP contribution >= 0.6 is 0 Å². The zero-order chi connectivity index (χ0) is 13.9. The van der Waals surface area contributed by atoms with Crippen LogP contribution in [0.4, 0.5) is 0 Å². The van der Waals surface area contributed by atoms with Gasteiger partial charge in [-0.05, 0) is 43.7 Å². The van der Waals surface area contributed by atoms with Gasteiger partial charge >= 0.3 is 0 Å². The zero-order valence-electron chi connectivity index (χ0n) is 11.9. The number of hydrogen-bond acceptors (Lipinski definition) is 4. The summed E-state index contributed by atoms with van der Waals surface area (Å²) in [4.78, 5) is 10.0. The van der Waals surface area contributed by atoms with Crippen LogP contribution in [0, 0.1) is 0 Å². The fraction of sp³-hybridized carbons (Fsp3) is 0.600. The van der Waals surface area contributed by atoms with Gasteiger partial charge in [-0.3, -0.25) is 0 Å². The molecule has 1 rings (SSSR count). The van der Waals surface area contributed by atoms with E-state index in [1.54, 1.807) is 0 Å². The van der Waals surface area contributed by atoms with Crippen molar-refractivity contribution in [2.75, 3.05) is 13.2 Å². The average molecular weight is 267 g/mol. The fourth-order valence-electron chi connectivity index (χ4n) is 1.68. The Morgan fingerprint density at radius 2 is 1.63 bits per heavy atom. The highest BCUT2D eigenvalue weighted by Crippen LogP contribution is 2.09. The second-order valence-corrected chi connectivity index (χ2v) is 4.78. The Bertz CT molecular complexity index is 327. The third kappa shape index (κ3) is 7.28. The third-order valence-electron chi connectivity index (χ3n) is 2.95. The van der Waals surface area contributed by atoms with Crippen molar-refractivity contribution in [2.24, 2.45) is 0 Å². The summed E-state index contributed by atoms with van der Waals surface area (Å²) < 4.78 is 0. The van der Waals surface area contributed by atoms with Crippen molar-refractivity contribution in [1.82, 2.24) is 5.48 Å². The van der Waals surface area contributed by atoms with Crippen molar-refractivity contribution in [3.8, 4) is 0 Å². The summed E-state index contributed by atoms with van der Waals surface area (Å²) in [5.41, 5.74) is 4.79. The van der Waals surface area contributed by atoms with E-state index >= 15 is 0 Å². The lowest BCUT2D eigenvalue weighted by molar-refractivity contribution is -0.293. The maximum atomic E-state index is 8.74. The van der Waals surface area contributed by atoms with Crippen LogP contribution in [0.5, 0.6) is 0 Å². The largest absolute Gasteiger partial charge is 0.317 e. The second kappa shape index (κ2) is 9.92. The van der Waals surface area contributed by atoms with Gasteiger partial charge in [0.25, 0.3) is 0 Å². The van der Waals surface area contributed by atoms with Gasteiger partial charge in [-0.25, -0.2) is 15.3 Å². The van der Waals surface area contributed by atoms with Crippen LogP contribution in [-0.4, -0.2) is 24.5 Å². The van der Waals surface area contributed by atoms with Crippen molar-refractivity contribution in [3.63, 3.8) is 0 Å². The molecule has 0 radical (unpaired) electrons. The molecule has 19 heavy (non-hydrogen) atoms. The molecule has 2 N–H and O–H groups in total. The van der Waals surface area contributed by atoms with E-state index < -0.39 is 0 Å². The molecule has 4 heteroatoms. The molecule has 0 unspecified atom stereocenters. The number of hydroxylamine groups is 1. The summed E-state index contributed by atoms with van der Waals surface area (Å²) >= 11 is 0. The molecule has 0 saturated carbocycles. The Labute approximate surface area is 115 Å². The van der Waals surface area contributed by atoms with Crippen LogP contribution in [0.2, 0.25) is 0 Å². The number of rotatable bonds is 10. The van der Waals surface area contributed by atoms with Gasteiger partial charge in [0, 0.05) is 6.04 Å². The van der Waals surface area contributed by atoms with E-state index in [0.717, 1.165) is 25.7 Å². The molecule has 108 valence electrons.